The van der Waals surface area contributed by atoms with E-state index >= 15 is 0 Å². The Balaban J connectivity index is 2.15. The van der Waals surface area contributed by atoms with Gasteiger partial charge >= 0.3 is 6.01 Å². The van der Waals surface area contributed by atoms with Crippen LogP contribution in [0.3, 0.4) is 0 Å². The molecule has 0 saturated heterocycles. The van der Waals surface area contributed by atoms with Crippen LogP contribution in [-0.2, 0) is 10.2 Å². The molecule has 0 aliphatic rings. The highest BCUT2D eigenvalue weighted by Gasteiger charge is 2.31. The maximum atomic E-state index is 12.1. The highest BCUT2D eigenvalue weighted by atomic mass is 32.1. The second-order valence-corrected chi connectivity index (χ2v) is 4.80. The van der Waals surface area contributed by atoms with Crippen LogP contribution in [0.4, 0.5) is 6.01 Å². The Morgan fingerprint density at radius 2 is 2.29 bits per heavy atom. The Labute approximate surface area is 102 Å². The fourth-order valence-corrected chi connectivity index (χ4v) is 1.95. The van der Waals surface area contributed by atoms with Crippen molar-refractivity contribution in [3.8, 4) is 0 Å². The molecule has 2 aromatic rings. The van der Waals surface area contributed by atoms with Crippen LogP contribution in [-0.4, -0.2) is 20.4 Å². The van der Waals surface area contributed by atoms with Crippen molar-refractivity contribution < 1.29 is 9.32 Å². The molecule has 0 bridgehead atoms. The third kappa shape index (κ3) is 2.33. The van der Waals surface area contributed by atoms with E-state index in [0.717, 1.165) is 5.56 Å². The van der Waals surface area contributed by atoms with E-state index < -0.39 is 5.41 Å². The molecule has 2 rings (SSSR count). The molecular formula is C10H12N4O2S. The zero-order valence-electron chi connectivity index (χ0n) is 9.72. The molecule has 0 radical (unpaired) electrons. The number of aromatic nitrogens is 3. The first-order chi connectivity index (χ1) is 8.00. The molecule has 1 amide bonds. The van der Waals surface area contributed by atoms with Crippen molar-refractivity contribution in [3.63, 3.8) is 0 Å². The minimum absolute atomic E-state index is 0.115. The van der Waals surface area contributed by atoms with Gasteiger partial charge in [0, 0.05) is 11.6 Å². The van der Waals surface area contributed by atoms with Crippen molar-refractivity contribution in [2.24, 2.45) is 0 Å². The SMILES string of the molecule is Cc1noc(NC(=O)C(C)(C)c2cnsc2)n1. The molecule has 2 heterocycles. The van der Waals surface area contributed by atoms with Crippen LogP contribution in [0.2, 0.25) is 0 Å². The van der Waals surface area contributed by atoms with Gasteiger partial charge in [-0.05, 0) is 37.9 Å². The lowest BCUT2D eigenvalue weighted by molar-refractivity contribution is -0.120. The minimum atomic E-state index is -0.685. The number of anilines is 1. The number of carbonyl (C=O) groups excluding carboxylic acids is 1. The average molecular weight is 252 g/mol. The van der Waals surface area contributed by atoms with Crippen LogP contribution in [0.15, 0.2) is 16.1 Å². The van der Waals surface area contributed by atoms with E-state index in [1.54, 1.807) is 13.1 Å². The van der Waals surface area contributed by atoms with Gasteiger partial charge in [-0.2, -0.15) is 4.98 Å². The van der Waals surface area contributed by atoms with Gasteiger partial charge in [0.2, 0.25) is 5.91 Å². The third-order valence-corrected chi connectivity index (χ3v) is 3.06. The van der Waals surface area contributed by atoms with Crippen molar-refractivity contribution >= 4 is 23.5 Å². The summed E-state index contributed by atoms with van der Waals surface area (Å²) in [7, 11) is 0. The number of rotatable bonds is 3. The Kier molecular flexibility index (Phi) is 2.93. The normalized spacial score (nSPS) is 11.5. The van der Waals surface area contributed by atoms with Crippen molar-refractivity contribution in [1.82, 2.24) is 14.5 Å². The Bertz CT molecular complexity index is 518. The maximum absolute atomic E-state index is 12.1. The highest BCUT2D eigenvalue weighted by molar-refractivity contribution is 7.03. The molecule has 0 aromatic carbocycles. The van der Waals surface area contributed by atoms with Crippen molar-refractivity contribution in [3.05, 3.63) is 23.0 Å². The lowest BCUT2D eigenvalue weighted by Gasteiger charge is -2.20. The van der Waals surface area contributed by atoms with E-state index in [-0.39, 0.29) is 11.9 Å². The van der Waals surface area contributed by atoms with E-state index in [9.17, 15) is 4.79 Å². The van der Waals surface area contributed by atoms with Crippen molar-refractivity contribution in [1.29, 1.82) is 0 Å². The van der Waals surface area contributed by atoms with Gasteiger partial charge in [0.1, 0.15) is 0 Å². The highest BCUT2D eigenvalue weighted by Crippen LogP contribution is 2.25. The fraction of sp³-hybridized carbons (Fsp3) is 0.400. The average Bonchev–Trinajstić information content (AvgIpc) is 2.89. The molecule has 0 unspecified atom stereocenters. The van der Waals surface area contributed by atoms with E-state index in [0.29, 0.717) is 5.82 Å². The molecule has 7 heteroatoms. The summed E-state index contributed by atoms with van der Waals surface area (Å²) in [5.41, 5.74) is 0.172. The van der Waals surface area contributed by atoms with Gasteiger partial charge in [-0.3, -0.25) is 10.1 Å². The molecule has 0 saturated carbocycles. The summed E-state index contributed by atoms with van der Waals surface area (Å²) in [6, 6.07) is 0.115. The molecule has 0 spiro atoms. The summed E-state index contributed by atoms with van der Waals surface area (Å²) in [6.45, 7) is 5.32. The molecule has 6 nitrogen and oxygen atoms in total. The molecule has 17 heavy (non-hydrogen) atoms. The number of nitrogens with one attached hydrogen (secondary N) is 1. The first kappa shape index (κ1) is 11.7. The summed E-state index contributed by atoms with van der Waals surface area (Å²) in [5, 5.41) is 8.04. The number of carbonyl (C=O) groups is 1. The summed E-state index contributed by atoms with van der Waals surface area (Å²) < 4.78 is 8.83. The molecular weight excluding hydrogens is 240 g/mol. The van der Waals surface area contributed by atoms with Gasteiger partial charge in [-0.25, -0.2) is 4.37 Å². The molecule has 0 atom stereocenters. The van der Waals surface area contributed by atoms with Gasteiger partial charge in [0.15, 0.2) is 5.82 Å². The molecule has 1 N–H and O–H groups in total. The van der Waals surface area contributed by atoms with E-state index in [1.165, 1.54) is 11.5 Å². The van der Waals surface area contributed by atoms with Crippen LogP contribution < -0.4 is 5.32 Å². The molecule has 2 aromatic heterocycles. The van der Waals surface area contributed by atoms with Crippen LogP contribution in [0.25, 0.3) is 0 Å². The summed E-state index contributed by atoms with van der Waals surface area (Å²) in [4.78, 5) is 16.0. The summed E-state index contributed by atoms with van der Waals surface area (Å²) >= 11 is 1.31. The topological polar surface area (TPSA) is 80.9 Å². The predicted molar refractivity (Wildman–Crippen MR) is 62.8 cm³/mol. The second-order valence-electron chi connectivity index (χ2n) is 4.14. The maximum Gasteiger partial charge on any atom is 0.328 e. The quantitative estimate of drug-likeness (QED) is 0.900. The predicted octanol–water partition coefficient (Wildman–Crippen LogP) is 1.75. The largest absolute Gasteiger partial charge is 0.328 e. The Hall–Kier alpha value is -1.76. The lowest BCUT2D eigenvalue weighted by Crippen LogP contribution is -2.34. The first-order valence-electron chi connectivity index (χ1n) is 5.02. The number of amides is 1. The van der Waals surface area contributed by atoms with E-state index in [4.69, 9.17) is 4.52 Å². The zero-order chi connectivity index (χ0) is 12.5. The standard InChI is InChI=1S/C10H12N4O2S/c1-6-12-9(16-14-6)13-8(15)10(2,3)7-4-11-17-5-7/h4-5H,1-3H3,(H,12,13,14,15). The number of hydrogen-bond acceptors (Lipinski definition) is 6. The molecule has 0 aliphatic heterocycles. The Morgan fingerprint density at radius 3 is 2.82 bits per heavy atom. The second kappa shape index (κ2) is 4.25. The number of nitrogens with zero attached hydrogens (tertiary/aromatic N) is 3. The van der Waals surface area contributed by atoms with Crippen LogP contribution in [0, 0.1) is 6.92 Å². The molecule has 90 valence electrons. The number of aryl methyl sites for hydroxylation is 1. The van der Waals surface area contributed by atoms with Gasteiger partial charge in [0.25, 0.3) is 0 Å². The fourth-order valence-electron chi connectivity index (χ4n) is 1.25. The van der Waals surface area contributed by atoms with Crippen LogP contribution in [0.5, 0.6) is 0 Å². The van der Waals surface area contributed by atoms with Crippen molar-refractivity contribution in [2.75, 3.05) is 5.32 Å². The van der Waals surface area contributed by atoms with Gasteiger partial charge in [0.05, 0.1) is 5.41 Å². The first-order valence-corrected chi connectivity index (χ1v) is 5.85. The van der Waals surface area contributed by atoms with Gasteiger partial charge < -0.3 is 4.52 Å². The monoisotopic (exact) mass is 252 g/mol. The summed E-state index contributed by atoms with van der Waals surface area (Å²) in [6.07, 6.45) is 1.68. The van der Waals surface area contributed by atoms with E-state index in [2.05, 4.69) is 19.8 Å². The van der Waals surface area contributed by atoms with E-state index in [1.807, 2.05) is 19.2 Å². The smallest absolute Gasteiger partial charge is 0.315 e. The zero-order valence-corrected chi connectivity index (χ0v) is 10.5. The Morgan fingerprint density at radius 1 is 1.53 bits per heavy atom. The summed E-state index contributed by atoms with van der Waals surface area (Å²) in [5.74, 6) is 0.275. The van der Waals surface area contributed by atoms with Crippen molar-refractivity contribution in [2.45, 2.75) is 26.2 Å². The molecule has 0 fully saturated rings. The van der Waals surface area contributed by atoms with Crippen LogP contribution in [0.1, 0.15) is 25.2 Å². The van der Waals surface area contributed by atoms with Gasteiger partial charge in [-0.1, -0.05) is 5.16 Å². The third-order valence-electron chi connectivity index (χ3n) is 2.47. The van der Waals surface area contributed by atoms with Crippen LogP contribution >= 0.6 is 11.5 Å². The van der Waals surface area contributed by atoms with Gasteiger partial charge in [-0.15, -0.1) is 0 Å². The minimum Gasteiger partial charge on any atom is -0.315 e. The lowest BCUT2D eigenvalue weighted by atomic mass is 9.86. The number of hydrogen-bond donors (Lipinski definition) is 1. The molecule has 0 aliphatic carbocycles.